The Morgan fingerprint density at radius 2 is 2.00 bits per heavy atom. The van der Waals surface area contributed by atoms with Crippen molar-refractivity contribution in [3.8, 4) is 5.69 Å². The van der Waals surface area contributed by atoms with Crippen LogP contribution in [0.25, 0.3) is 5.69 Å². The molecule has 1 fully saturated rings. The SMILES string of the molecule is Cc1cc(C)n(-c2ccccc2CNC(=O)C2(N)CCCC2)n1. The zero-order valence-electron chi connectivity index (χ0n) is 13.8. The molecular formula is C18H24N4O. The Balaban J connectivity index is 1.79. The number of nitrogens with one attached hydrogen (secondary N) is 1. The molecule has 2 aromatic rings. The highest BCUT2D eigenvalue weighted by atomic mass is 16.2. The van der Waals surface area contributed by atoms with Crippen molar-refractivity contribution in [3.63, 3.8) is 0 Å². The van der Waals surface area contributed by atoms with Crippen LogP contribution >= 0.6 is 0 Å². The number of carbonyl (C=O) groups excluding carboxylic acids is 1. The first kappa shape index (κ1) is 15.7. The predicted molar refractivity (Wildman–Crippen MR) is 90.3 cm³/mol. The second kappa shape index (κ2) is 6.16. The van der Waals surface area contributed by atoms with E-state index in [9.17, 15) is 4.79 Å². The highest BCUT2D eigenvalue weighted by Gasteiger charge is 2.36. The Kier molecular flexibility index (Phi) is 4.22. The number of aryl methyl sites for hydroxylation is 2. The summed E-state index contributed by atoms with van der Waals surface area (Å²) in [4.78, 5) is 12.4. The lowest BCUT2D eigenvalue weighted by molar-refractivity contribution is -0.126. The molecule has 0 unspecified atom stereocenters. The molecule has 122 valence electrons. The standard InChI is InChI=1S/C18H24N4O/c1-13-11-14(2)22(21-13)16-8-4-3-7-15(16)12-20-17(23)18(19)9-5-6-10-18/h3-4,7-8,11H,5-6,9-10,12,19H2,1-2H3,(H,20,23). The Morgan fingerprint density at radius 3 is 2.65 bits per heavy atom. The molecule has 3 N–H and O–H groups in total. The summed E-state index contributed by atoms with van der Waals surface area (Å²) in [6.07, 6.45) is 3.62. The van der Waals surface area contributed by atoms with Gasteiger partial charge in [-0.1, -0.05) is 31.0 Å². The molecule has 1 saturated carbocycles. The first-order valence-electron chi connectivity index (χ1n) is 8.18. The molecule has 1 aromatic carbocycles. The summed E-state index contributed by atoms with van der Waals surface area (Å²) in [5, 5.41) is 7.55. The summed E-state index contributed by atoms with van der Waals surface area (Å²) in [6, 6.07) is 10.0. The number of nitrogens with zero attached hydrogens (tertiary/aromatic N) is 2. The van der Waals surface area contributed by atoms with Crippen LogP contribution in [0.15, 0.2) is 30.3 Å². The zero-order chi connectivity index (χ0) is 16.4. The molecule has 0 spiro atoms. The number of benzene rings is 1. The monoisotopic (exact) mass is 312 g/mol. The van der Waals surface area contributed by atoms with E-state index < -0.39 is 5.54 Å². The van der Waals surface area contributed by atoms with Crippen LogP contribution in [0.2, 0.25) is 0 Å². The lowest BCUT2D eigenvalue weighted by Crippen LogP contribution is -2.51. The van der Waals surface area contributed by atoms with Crippen molar-refractivity contribution >= 4 is 5.91 Å². The molecule has 1 heterocycles. The van der Waals surface area contributed by atoms with Gasteiger partial charge in [-0.3, -0.25) is 4.79 Å². The van der Waals surface area contributed by atoms with E-state index in [1.54, 1.807) is 0 Å². The van der Waals surface area contributed by atoms with Crippen LogP contribution in [0, 0.1) is 13.8 Å². The summed E-state index contributed by atoms with van der Waals surface area (Å²) in [5.41, 5.74) is 9.61. The molecule has 1 aliphatic rings. The van der Waals surface area contributed by atoms with Gasteiger partial charge in [0, 0.05) is 12.2 Å². The summed E-state index contributed by atoms with van der Waals surface area (Å²) >= 11 is 0. The maximum Gasteiger partial charge on any atom is 0.240 e. The maximum absolute atomic E-state index is 12.4. The van der Waals surface area contributed by atoms with E-state index in [2.05, 4.69) is 10.4 Å². The molecule has 5 heteroatoms. The van der Waals surface area contributed by atoms with E-state index >= 15 is 0 Å². The lowest BCUT2D eigenvalue weighted by atomic mass is 9.98. The van der Waals surface area contributed by atoms with Crippen LogP contribution in [0.5, 0.6) is 0 Å². The van der Waals surface area contributed by atoms with Crippen molar-refractivity contribution in [1.29, 1.82) is 0 Å². The van der Waals surface area contributed by atoms with Crippen LogP contribution in [0.4, 0.5) is 0 Å². The molecule has 0 radical (unpaired) electrons. The number of aromatic nitrogens is 2. The largest absolute Gasteiger partial charge is 0.350 e. The average molecular weight is 312 g/mol. The summed E-state index contributed by atoms with van der Waals surface area (Å²) in [5.74, 6) is -0.0434. The fraction of sp³-hybridized carbons (Fsp3) is 0.444. The molecule has 5 nitrogen and oxygen atoms in total. The maximum atomic E-state index is 12.4. The Morgan fingerprint density at radius 1 is 1.30 bits per heavy atom. The van der Waals surface area contributed by atoms with Gasteiger partial charge >= 0.3 is 0 Å². The van der Waals surface area contributed by atoms with E-state index in [4.69, 9.17) is 5.73 Å². The highest BCUT2D eigenvalue weighted by molar-refractivity contribution is 5.86. The molecule has 23 heavy (non-hydrogen) atoms. The van der Waals surface area contributed by atoms with E-state index in [1.165, 1.54) is 0 Å². The van der Waals surface area contributed by atoms with Crippen molar-refractivity contribution in [2.45, 2.75) is 51.6 Å². The molecule has 1 aliphatic carbocycles. The van der Waals surface area contributed by atoms with Crippen molar-refractivity contribution in [1.82, 2.24) is 15.1 Å². The normalized spacial score (nSPS) is 16.5. The van der Waals surface area contributed by atoms with Gasteiger partial charge in [0.05, 0.1) is 16.9 Å². The van der Waals surface area contributed by atoms with E-state index in [0.717, 1.165) is 48.3 Å². The number of hydrogen-bond acceptors (Lipinski definition) is 3. The molecule has 3 rings (SSSR count). The first-order chi connectivity index (χ1) is 11.0. The minimum atomic E-state index is -0.687. The number of carbonyl (C=O) groups is 1. The Hall–Kier alpha value is -2.14. The van der Waals surface area contributed by atoms with Gasteiger partial charge in [-0.05, 0) is 44.4 Å². The fourth-order valence-electron chi connectivity index (χ4n) is 3.32. The number of para-hydroxylation sites is 1. The van der Waals surface area contributed by atoms with Crippen molar-refractivity contribution < 1.29 is 4.79 Å². The summed E-state index contributed by atoms with van der Waals surface area (Å²) in [6.45, 7) is 4.47. The molecular weight excluding hydrogens is 288 g/mol. The molecule has 1 aromatic heterocycles. The predicted octanol–water partition coefficient (Wildman–Crippen LogP) is 2.38. The molecule has 1 amide bonds. The van der Waals surface area contributed by atoms with Gasteiger partial charge in [0.25, 0.3) is 0 Å². The van der Waals surface area contributed by atoms with E-state index in [0.29, 0.717) is 6.54 Å². The summed E-state index contributed by atoms with van der Waals surface area (Å²) in [7, 11) is 0. The lowest BCUT2D eigenvalue weighted by Gasteiger charge is -2.22. The minimum Gasteiger partial charge on any atom is -0.350 e. The third kappa shape index (κ3) is 3.15. The van der Waals surface area contributed by atoms with Crippen LogP contribution < -0.4 is 11.1 Å². The van der Waals surface area contributed by atoms with Crippen molar-refractivity contribution in [2.75, 3.05) is 0 Å². The van der Waals surface area contributed by atoms with Gasteiger partial charge in [-0.2, -0.15) is 5.10 Å². The second-order valence-electron chi connectivity index (χ2n) is 6.51. The smallest absolute Gasteiger partial charge is 0.240 e. The number of amides is 1. The van der Waals surface area contributed by atoms with Gasteiger partial charge in [0.2, 0.25) is 5.91 Å². The molecule has 0 atom stereocenters. The summed E-state index contributed by atoms with van der Waals surface area (Å²) < 4.78 is 1.92. The number of hydrogen-bond donors (Lipinski definition) is 2. The quantitative estimate of drug-likeness (QED) is 0.910. The van der Waals surface area contributed by atoms with Gasteiger partial charge in [0.1, 0.15) is 0 Å². The average Bonchev–Trinajstić information content (AvgIpc) is 3.11. The molecule has 0 aliphatic heterocycles. The third-order valence-corrected chi connectivity index (χ3v) is 4.62. The minimum absolute atomic E-state index is 0.0434. The van der Waals surface area contributed by atoms with Crippen molar-refractivity contribution in [3.05, 3.63) is 47.3 Å². The van der Waals surface area contributed by atoms with E-state index in [1.807, 2.05) is 48.9 Å². The molecule has 0 saturated heterocycles. The van der Waals surface area contributed by atoms with Crippen molar-refractivity contribution in [2.24, 2.45) is 5.73 Å². The van der Waals surface area contributed by atoms with Crippen LogP contribution in [0.3, 0.4) is 0 Å². The van der Waals surface area contributed by atoms with Crippen LogP contribution in [-0.2, 0) is 11.3 Å². The Labute approximate surface area is 136 Å². The molecule has 0 bridgehead atoms. The van der Waals surface area contributed by atoms with Gasteiger partial charge in [0.15, 0.2) is 0 Å². The van der Waals surface area contributed by atoms with E-state index in [-0.39, 0.29) is 5.91 Å². The fourth-order valence-corrected chi connectivity index (χ4v) is 3.32. The number of nitrogens with two attached hydrogens (primary N) is 1. The van der Waals surface area contributed by atoms with Crippen LogP contribution in [-0.4, -0.2) is 21.2 Å². The number of rotatable bonds is 4. The van der Waals surface area contributed by atoms with Gasteiger partial charge < -0.3 is 11.1 Å². The zero-order valence-corrected chi connectivity index (χ0v) is 13.8. The van der Waals surface area contributed by atoms with Gasteiger partial charge in [-0.15, -0.1) is 0 Å². The third-order valence-electron chi connectivity index (χ3n) is 4.62. The van der Waals surface area contributed by atoms with Gasteiger partial charge in [-0.25, -0.2) is 4.68 Å². The van der Waals surface area contributed by atoms with Crippen LogP contribution in [0.1, 0.15) is 42.6 Å². The second-order valence-corrected chi connectivity index (χ2v) is 6.51. The first-order valence-corrected chi connectivity index (χ1v) is 8.18. The highest BCUT2D eigenvalue weighted by Crippen LogP contribution is 2.27. The Bertz CT molecular complexity index is 714. The topological polar surface area (TPSA) is 72.9 Å².